The normalized spacial score (nSPS) is 10.9. The second-order valence-corrected chi connectivity index (χ2v) is 4.30. The van der Waals surface area contributed by atoms with Gasteiger partial charge in [-0.3, -0.25) is 0 Å². The van der Waals surface area contributed by atoms with Crippen LogP contribution in [0.3, 0.4) is 0 Å². The number of benzene rings is 2. The minimum Gasteiger partial charge on any atom is -0.354 e. The molecule has 0 unspecified atom stereocenters. The molecule has 84 valence electrons. The van der Waals surface area contributed by atoms with E-state index in [1.165, 1.54) is 12.1 Å². The fourth-order valence-electron chi connectivity index (χ4n) is 1.93. The van der Waals surface area contributed by atoms with Crippen LogP contribution in [0.25, 0.3) is 22.2 Å². The summed E-state index contributed by atoms with van der Waals surface area (Å²) < 4.78 is 13.1. The zero-order chi connectivity index (χ0) is 11.8. The standard InChI is InChI=1S/C14H9ClFN/c15-12-4-2-1-3-11(12)14-8-9-7-10(16)5-6-13(9)17-14/h1-8,17H. The second-order valence-electron chi connectivity index (χ2n) is 3.89. The van der Waals surface area contributed by atoms with Gasteiger partial charge in [-0.05, 0) is 30.3 Å². The molecule has 0 bridgehead atoms. The maximum Gasteiger partial charge on any atom is 0.123 e. The van der Waals surface area contributed by atoms with E-state index in [9.17, 15) is 4.39 Å². The van der Waals surface area contributed by atoms with E-state index in [0.29, 0.717) is 5.02 Å². The molecule has 0 spiro atoms. The van der Waals surface area contributed by atoms with Gasteiger partial charge in [0.25, 0.3) is 0 Å². The van der Waals surface area contributed by atoms with Gasteiger partial charge in [0, 0.05) is 27.2 Å². The summed E-state index contributed by atoms with van der Waals surface area (Å²) in [5.74, 6) is -0.234. The molecular weight excluding hydrogens is 237 g/mol. The van der Waals surface area contributed by atoms with Gasteiger partial charge in [-0.2, -0.15) is 0 Å². The molecule has 0 radical (unpaired) electrons. The number of aromatic amines is 1. The topological polar surface area (TPSA) is 15.8 Å². The molecule has 17 heavy (non-hydrogen) atoms. The summed E-state index contributed by atoms with van der Waals surface area (Å²) >= 11 is 6.12. The third kappa shape index (κ3) is 1.81. The van der Waals surface area contributed by atoms with Crippen molar-refractivity contribution in [1.29, 1.82) is 0 Å². The molecule has 0 aliphatic carbocycles. The van der Waals surface area contributed by atoms with Crippen molar-refractivity contribution in [3.8, 4) is 11.3 Å². The maximum atomic E-state index is 13.1. The van der Waals surface area contributed by atoms with Crippen LogP contribution in [-0.2, 0) is 0 Å². The highest BCUT2D eigenvalue weighted by molar-refractivity contribution is 6.33. The summed E-state index contributed by atoms with van der Waals surface area (Å²) in [5.41, 5.74) is 2.73. The van der Waals surface area contributed by atoms with Crippen LogP contribution in [0.1, 0.15) is 0 Å². The molecule has 1 nitrogen and oxygen atoms in total. The van der Waals surface area contributed by atoms with Crippen LogP contribution >= 0.6 is 11.6 Å². The van der Waals surface area contributed by atoms with Crippen molar-refractivity contribution in [2.75, 3.05) is 0 Å². The number of hydrogen-bond acceptors (Lipinski definition) is 0. The predicted octanol–water partition coefficient (Wildman–Crippen LogP) is 4.63. The summed E-state index contributed by atoms with van der Waals surface area (Å²) in [6.07, 6.45) is 0. The smallest absolute Gasteiger partial charge is 0.123 e. The summed E-state index contributed by atoms with van der Waals surface area (Å²) in [4.78, 5) is 3.23. The van der Waals surface area contributed by atoms with Gasteiger partial charge in [0.05, 0.1) is 0 Å². The Morgan fingerprint density at radius 1 is 1.00 bits per heavy atom. The molecule has 0 aliphatic heterocycles. The lowest BCUT2D eigenvalue weighted by Gasteiger charge is -1.99. The first-order valence-electron chi connectivity index (χ1n) is 5.27. The van der Waals surface area contributed by atoms with Crippen molar-refractivity contribution in [3.05, 3.63) is 59.4 Å². The monoisotopic (exact) mass is 245 g/mol. The largest absolute Gasteiger partial charge is 0.354 e. The van der Waals surface area contributed by atoms with E-state index in [1.54, 1.807) is 6.07 Å². The molecule has 1 N–H and O–H groups in total. The molecule has 3 aromatic rings. The second kappa shape index (κ2) is 3.90. The number of H-pyrrole nitrogens is 1. The molecular formula is C14H9ClFN. The average molecular weight is 246 g/mol. The zero-order valence-electron chi connectivity index (χ0n) is 8.87. The Morgan fingerprint density at radius 2 is 1.82 bits per heavy atom. The fourth-order valence-corrected chi connectivity index (χ4v) is 2.17. The molecule has 0 aliphatic rings. The van der Waals surface area contributed by atoms with Gasteiger partial charge in [0.15, 0.2) is 0 Å². The van der Waals surface area contributed by atoms with Gasteiger partial charge in [0.1, 0.15) is 5.82 Å². The van der Waals surface area contributed by atoms with Gasteiger partial charge in [-0.1, -0.05) is 29.8 Å². The number of rotatable bonds is 1. The van der Waals surface area contributed by atoms with E-state index in [4.69, 9.17) is 11.6 Å². The van der Waals surface area contributed by atoms with Crippen molar-refractivity contribution in [2.45, 2.75) is 0 Å². The molecule has 0 saturated carbocycles. The number of aromatic nitrogens is 1. The van der Waals surface area contributed by atoms with Crippen molar-refractivity contribution < 1.29 is 4.39 Å². The highest BCUT2D eigenvalue weighted by atomic mass is 35.5. The number of halogens is 2. The Kier molecular flexibility index (Phi) is 2.37. The van der Waals surface area contributed by atoms with Crippen LogP contribution in [0.2, 0.25) is 5.02 Å². The molecule has 0 saturated heterocycles. The highest BCUT2D eigenvalue weighted by Gasteiger charge is 2.06. The van der Waals surface area contributed by atoms with E-state index in [2.05, 4.69) is 4.98 Å². The lowest BCUT2D eigenvalue weighted by atomic mass is 10.1. The zero-order valence-corrected chi connectivity index (χ0v) is 9.63. The van der Waals surface area contributed by atoms with E-state index >= 15 is 0 Å². The summed E-state index contributed by atoms with van der Waals surface area (Å²) in [6.45, 7) is 0. The van der Waals surface area contributed by atoms with Crippen LogP contribution in [0.5, 0.6) is 0 Å². The SMILES string of the molecule is Fc1ccc2[nH]c(-c3ccccc3Cl)cc2c1. The van der Waals surface area contributed by atoms with Gasteiger partial charge in [-0.15, -0.1) is 0 Å². The van der Waals surface area contributed by atoms with Gasteiger partial charge in [0.2, 0.25) is 0 Å². The van der Waals surface area contributed by atoms with Crippen molar-refractivity contribution in [1.82, 2.24) is 4.98 Å². The minimum atomic E-state index is -0.234. The predicted molar refractivity (Wildman–Crippen MR) is 68.7 cm³/mol. The van der Waals surface area contributed by atoms with Crippen LogP contribution in [-0.4, -0.2) is 4.98 Å². The van der Waals surface area contributed by atoms with Gasteiger partial charge >= 0.3 is 0 Å². The van der Waals surface area contributed by atoms with Crippen molar-refractivity contribution in [3.63, 3.8) is 0 Å². The third-order valence-electron chi connectivity index (χ3n) is 2.75. The van der Waals surface area contributed by atoms with Crippen LogP contribution in [0, 0.1) is 5.82 Å². The first-order valence-corrected chi connectivity index (χ1v) is 5.65. The van der Waals surface area contributed by atoms with E-state index in [0.717, 1.165) is 22.2 Å². The third-order valence-corrected chi connectivity index (χ3v) is 3.08. The van der Waals surface area contributed by atoms with E-state index in [1.807, 2.05) is 30.3 Å². The average Bonchev–Trinajstić information content (AvgIpc) is 2.72. The summed E-state index contributed by atoms with van der Waals surface area (Å²) in [6, 6.07) is 14.2. The highest BCUT2D eigenvalue weighted by Crippen LogP contribution is 2.29. The number of hydrogen-bond donors (Lipinski definition) is 1. The Bertz CT molecular complexity index is 688. The molecule has 0 amide bonds. The minimum absolute atomic E-state index is 0.234. The number of nitrogens with one attached hydrogen (secondary N) is 1. The fraction of sp³-hybridized carbons (Fsp3) is 0. The molecule has 3 rings (SSSR count). The molecule has 1 heterocycles. The lowest BCUT2D eigenvalue weighted by molar-refractivity contribution is 0.630. The molecule has 2 aromatic carbocycles. The van der Waals surface area contributed by atoms with Crippen molar-refractivity contribution >= 4 is 22.5 Å². The van der Waals surface area contributed by atoms with Crippen LogP contribution in [0.15, 0.2) is 48.5 Å². The molecule has 0 atom stereocenters. The Labute approximate surface area is 103 Å². The quantitative estimate of drug-likeness (QED) is 0.644. The lowest BCUT2D eigenvalue weighted by Crippen LogP contribution is -1.77. The molecule has 1 aromatic heterocycles. The molecule has 3 heteroatoms. The summed E-state index contributed by atoms with van der Waals surface area (Å²) in [5, 5.41) is 1.53. The Morgan fingerprint density at radius 3 is 2.65 bits per heavy atom. The first kappa shape index (κ1) is 10.4. The molecule has 0 fully saturated rings. The van der Waals surface area contributed by atoms with Crippen molar-refractivity contribution in [2.24, 2.45) is 0 Å². The Hall–Kier alpha value is -1.80. The van der Waals surface area contributed by atoms with Gasteiger partial charge < -0.3 is 4.98 Å². The maximum absolute atomic E-state index is 13.1. The van der Waals surface area contributed by atoms with Gasteiger partial charge in [-0.25, -0.2) is 4.39 Å². The Balaban J connectivity index is 2.22. The van der Waals surface area contributed by atoms with E-state index < -0.39 is 0 Å². The van der Waals surface area contributed by atoms with E-state index in [-0.39, 0.29) is 5.82 Å². The van der Waals surface area contributed by atoms with Crippen LogP contribution < -0.4 is 0 Å². The van der Waals surface area contributed by atoms with Crippen LogP contribution in [0.4, 0.5) is 4.39 Å². The summed E-state index contributed by atoms with van der Waals surface area (Å²) in [7, 11) is 0. The number of fused-ring (bicyclic) bond motifs is 1. The first-order chi connectivity index (χ1) is 8.24.